The number of amides is 1. The van der Waals surface area contributed by atoms with Gasteiger partial charge in [-0.2, -0.15) is 0 Å². The van der Waals surface area contributed by atoms with Crippen LogP contribution in [0.3, 0.4) is 0 Å². The van der Waals surface area contributed by atoms with Crippen LogP contribution in [0.4, 0.5) is 10.1 Å². The summed E-state index contributed by atoms with van der Waals surface area (Å²) in [6.45, 7) is 2.74. The first kappa shape index (κ1) is 12.8. The van der Waals surface area contributed by atoms with Gasteiger partial charge in [-0.15, -0.1) is 0 Å². The van der Waals surface area contributed by atoms with Crippen molar-refractivity contribution in [2.45, 2.75) is 19.4 Å². The fourth-order valence-electron chi connectivity index (χ4n) is 2.14. The normalized spacial score (nSPS) is 18.9. The number of halogens is 1. The molecule has 1 fully saturated rings. The molecule has 1 aromatic carbocycles. The molecule has 0 aromatic heterocycles. The minimum Gasteiger partial charge on any atom is -0.399 e. The summed E-state index contributed by atoms with van der Waals surface area (Å²) in [7, 11) is 1.67. The van der Waals surface area contributed by atoms with Gasteiger partial charge in [0, 0.05) is 19.3 Å². The van der Waals surface area contributed by atoms with Crippen LogP contribution in [0.15, 0.2) is 12.1 Å². The van der Waals surface area contributed by atoms with Crippen LogP contribution in [-0.2, 0) is 4.74 Å². The van der Waals surface area contributed by atoms with E-state index in [1.54, 1.807) is 14.0 Å². The molecule has 1 aliphatic heterocycles. The molecule has 4 nitrogen and oxygen atoms in total. The Balaban J connectivity index is 2.27. The molecule has 0 bridgehead atoms. The summed E-state index contributed by atoms with van der Waals surface area (Å²) in [6, 6.07) is 2.92. The molecule has 0 aliphatic carbocycles. The summed E-state index contributed by atoms with van der Waals surface area (Å²) < 4.78 is 19.2. The van der Waals surface area contributed by atoms with Crippen molar-refractivity contribution >= 4 is 11.6 Å². The molecule has 2 N–H and O–H groups in total. The summed E-state index contributed by atoms with van der Waals surface area (Å²) in [5, 5.41) is 0. The van der Waals surface area contributed by atoms with Crippen molar-refractivity contribution in [1.82, 2.24) is 4.90 Å². The molecule has 0 saturated carbocycles. The number of hydrogen-bond acceptors (Lipinski definition) is 3. The lowest BCUT2D eigenvalue weighted by Gasteiger charge is -2.23. The Morgan fingerprint density at radius 3 is 2.89 bits per heavy atom. The number of likely N-dealkylation sites (N-methyl/N-ethyl adjacent to an activating group) is 1. The monoisotopic (exact) mass is 252 g/mol. The molecule has 1 heterocycles. The molecule has 1 aromatic rings. The predicted molar refractivity (Wildman–Crippen MR) is 66.9 cm³/mol. The number of nitrogens with zero attached hydrogens (tertiary/aromatic N) is 1. The van der Waals surface area contributed by atoms with Gasteiger partial charge in [-0.05, 0) is 31.0 Å². The highest BCUT2D eigenvalue weighted by molar-refractivity contribution is 5.95. The summed E-state index contributed by atoms with van der Waals surface area (Å²) in [6.07, 6.45) is 0.783. The Labute approximate surface area is 106 Å². The molecular formula is C13H17FN2O2. The van der Waals surface area contributed by atoms with E-state index < -0.39 is 5.82 Å². The van der Waals surface area contributed by atoms with Crippen LogP contribution in [0.5, 0.6) is 0 Å². The van der Waals surface area contributed by atoms with Crippen molar-refractivity contribution in [2.75, 3.05) is 26.0 Å². The third-order valence-corrected chi connectivity index (χ3v) is 3.28. The molecular weight excluding hydrogens is 235 g/mol. The molecule has 1 saturated heterocycles. The van der Waals surface area contributed by atoms with Crippen LogP contribution < -0.4 is 5.73 Å². The Kier molecular flexibility index (Phi) is 3.52. The van der Waals surface area contributed by atoms with E-state index in [1.807, 2.05) is 0 Å². The second-order valence-corrected chi connectivity index (χ2v) is 4.63. The van der Waals surface area contributed by atoms with Crippen LogP contribution in [0.25, 0.3) is 0 Å². The molecule has 1 amide bonds. The maximum Gasteiger partial charge on any atom is 0.256 e. The van der Waals surface area contributed by atoms with Crippen LogP contribution in [0.2, 0.25) is 0 Å². The smallest absolute Gasteiger partial charge is 0.256 e. The van der Waals surface area contributed by atoms with E-state index in [0.717, 1.165) is 6.42 Å². The lowest BCUT2D eigenvalue weighted by Crippen LogP contribution is -2.37. The highest BCUT2D eigenvalue weighted by atomic mass is 19.1. The molecule has 98 valence electrons. The lowest BCUT2D eigenvalue weighted by molar-refractivity contribution is 0.0706. The lowest BCUT2D eigenvalue weighted by atomic mass is 10.1. The van der Waals surface area contributed by atoms with Crippen LogP contribution in [-0.4, -0.2) is 37.1 Å². The van der Waals surface area contributed by atoms with Crippen molar-refractivity contribution in [3.63, 3.8) is 0 Å². The van der Waals surface area contributed by atoms with Crippen LogP contribution in [0.1, 0.15) is 22.3 Å². The zero-order valence-corrected chi connectivity index (χ0v) is 10.6. The zero-order chi connectivity index (χ0) is 13.3. The first-order valence-corrected chi connectivity index (χ1v) is 5.91. The number of nitrogens with two attached hydrogens (primary N) is 1. The molecule has 5 heteroatoms. The van der Waals surface area contributed by atoms with E-state index >= 15 is 0 Å². The number of benzene rings is 1. The standard InChI is InChI=1S/C13H17FN2O2/c1-8-5-9(15)6-11(12(8)14)13(17)16(2)10-3-4-18-7-10/h5-6,10H,3-4,7,15H2,1-2H3. The number of carbonyl (C=O) groups excluding carboxylic acids is 1. The van der Waals surface area contributed by atoms with Gasteiger partial charge in [0.15, 0.2) is 0 Å². The Morgan fingerprint density at radius 1 is 1.56 bits per heavy atom. The van der Waals surface area contributed by atoms with E-state index in [0.29, 0.717) is 24.5 Å². The molecule has 0 spiro atoms. The molecule has 1 atom stereocenters. The minimum absolute atomic E-state index is 0.0126. The van der Waals surface area contributed by atoms with E-state index in [9.17, 15) is 9.18 Å². The second kappa shape index (κ2) is 4.94. The van der Waals surface area contributed by atoms with Gasteiger partial charge in [-0.1, -0.05) is 0 Å². The summed E-state index contributed by atoms with van der Waals surface area (Å²) in [5.41, 5.74) is 6.47. The maximum absolute atomic E-state index is 13.9. The Morgan fingerprint density at radius 2 is 2.28 bits per heavy atom. The largest absolute Gasteiger partial charge is 0.399 e. The van der Waals surface area contributed by atoms with Crippen LogP contribution in [0, 0.1) is 12.7 Å². The minimum atomic E-state index is -0.500. The number of ether oxygens (including phenoxy) is 1. The number of anilines is 1. The number of carbonyl (C=O) groups is 1. The Hall–Kier alpha value is -1.62. The van der Waals surface area contributed by atoms with Gasteiger partial charge in [-0.25, -0.2) is 4.39 Å². The third kappa shape index (κ3) is 2.31. The summed E-state index contributed by atoms with van der Waals surface area (Å²) in [4.78, 5) is 13.8. The third-order valence-electron chi connectivity index (χ3n) is 3.28. The second-order valence-electron chi connectivity index (χ2n) is 4.63. The van der Waals surface area contributed by atoms with Gasteiger partial charge in [0.1, 0.15) is 5.82 Å². The first-order valence-electron chi connectivity index (χ1n) is 5.91. The molecule has 2 rings (SSSR count). The van der Waals surface area contributed by atoms with Crippen molar-refractivity contribution in [3.8, 4) is 0 Å². The highest BCUT2D eigenvalue weighted by Gasteiger charge is 2.27. The van der Waals surface area contributed by atoms with Gasteiger partial charge in [-0.3, -0.25) is 4.79 Å². The Bertz CT molecular complexity index is 470. The van der Waals surface area contributed by atoms with Gasteiger partial charge in [0.2, 0.25) is 0 Å². The molecule has 1 aliphatic rings. The first-order chi connectivity index (χ1) is 8.50. The molecule has 18 heavy (non-hydrogen) atoms. The predicted octanol–water partition coefficient (Wildman–Crippen LogP) is 1.58. The number of rotatable bonds is 2. The van der Waals surface area contributed by atoms with E-state index in [2.05, 4.69) is 0 Å². The van der Waals surface area contributed by atoms with Gasteiger partial charge < -0.3 is 15.4 Å². The number of nitrogen functional groups attached to an aromatic ring is 1. The highest BCUT2D eigenvalue weighted by Crippen LogP contribution is 2.20. The molecule has 0 radical (unpaired) electrons. The topological polar surface area (TPSA) is 55.6 Å². The summed E-state index contributed by atoms with van der Waals surface area (Å²) >= 11 is 0. The van der Waals surface area contributed by atoms with Crippen LogP contribution >= 0.6 is 0 Å². The van der Waals surface area contributed by atoms with Gasteiger partial charge in [0.05, 0.1) is 18.2 Å². The molecule has 1 unspecified atom stereocenters. The number of hydrogen-bond donors (Lipinski definition) is 1. The SMILES string of the molecule is Cc1cc(N)cc(C(=O)N(C)C2CCOC2)c1F. The van der Waals surface area contributed by atoms with Gasteiger partial charge >= 0.3 is 0 Å². The number of aryl methyl sites for hydroxylation is 1. The van der Waals surface area contributed by atoms with Crippen molar-refractivity contribution in [3.05, 3.63) is 29.1 Å². The maximum atomic E-state index is 13.9. The average molecular weight is 252 g/mol. The van der Waals surface area contributed by atoms with Crippen molar-refractivity contribution < 1.29 is 13.9 Å². The van der Waals surface area contributed by atoms with Gasteiger partial charge in [0.25, 0.3) is 5.91 Å². The quantitative estimate of drug-likeness (QED) is 0.813. The fourth-order valence-corrected chi connectivity index (χ4v) is 2.14. The average Bonchev–Trinajstić information content (AvgIpc) is 2.85. The van der Waals surface area contributed by atoms with E-state index in [1.165, 1.54) is 17.0 Å². The van der Waals surface area contributed by atoms with Crippen molar-refractivity contribution in [2.24, 2.45) is 0 Å². The van der Waals surface area contributed by atoms with E-state index in [-0.39, 0.29) is 17.5 Å². The zero-order valence-electron chi connectivity index (χ0n) is 10.6. The van der Waals surface area contributed by atoms with Crippen molar-refractivity contribution in [1.29, 1.82) is 0 Å². The summed E-state index contributed by atoms with van der Waals surface area (Å²) in [5.74, 6) is -0.849. The fraction of sp³-hybridized carbons (Fsp3) is 0.462. The van der Waals surface area contributed by atoms with E-state index in [4.69, 9.17) is 10.5 Å².